The van der Waals surface area contributed by atoms with Crippen molar-refractivity contribution in [1.29, 1.82) is 0 Å². The second-order valence-electron chi connectivity index (χ2n) is 4.06. The molecule has 1 aromatic heterocycles. The third-order valence-electron chi connectivity index (χ3n) is 2.38. The van der Waals surface area contributed by atoms with E-state index in [0.717, 1.165) is 18.2 Å². The maximum absolute atomic E-state index is 12.8. The zero-order valence-corrected chi connectivity index (χ0v) is 11.1. The molecule has 12 heteroatoms. The summed E-state index contributed by atoms with van der Waals surface area (Å²) < 4.78 is 87.2. The Morgan fingerprint density at radius 3 is 2.29 bits per heavy atom. The zero-order chi connectivity index (χ0) is 18.1. The van der Waals surface area contributed by atoms with Crippen LogP contribution in [0.25, 0.3) is 11.5 Å². The molecule has 130 valence electrons. The second kappa shape index (κ2) is 5.94. The molecule has 0 fully saturated rings. The van der Waals surface area contributed by atoms with Gasteiger partial charge >= 0.3 is 18.7 Å². The van der Waals surface area contributed by atoms with Gasteiger partial charge in [-0.05, 0) is 12.1 Å². The van der Waals surface area contributed by atoms with Gasteiger partial charge in [-0.2, -0.15) is 18.2 Å². The van der Waals surface area contributed by atoms with Crippen molar-refractivity contribution in [3.05, 3.63) is 30.0 Å². The van der Waals surface area contributed by atoms with Crippen molar-refractivity contribution in [2.45, 2.75) is 12.5 Å². The highest BCUT2D eigenvalue weighted by Gasteiger charge is 2.42. The SMILES string of the molecule is O=C(O)Oc1nc(-c2ccccc2OC(F)(F)F)oc1C(F)(F)F. The molecule has 2 aromatic rings. The molecule has 0 radical (unpaired) electrons. The molecule has 0 saturated heterocycles. The molecule has 0 spiro atoms. The highest BCUT2D eigenvalue weighted by Crippen LogP contribution is 2.41. The Morgan fingerprint density at radius 2 is 1.75 bits per heavy atom. The summed E-state index contributed by atoms with van der Waals surface area (Å²) in [5.74, 6) is -5.21. The van der Waals surface area contributed by atoms with Crippen molar-refractivity contribution in [2.24, 2.45) is 0 Å². The van der Waals surface area contributed by atoms with Gasteiger partial charge < -0.3 is 19.0 Å². The molecule has 1 N–H and O–H groups in total. The van der Waals surface area contributed by atoms with Gasteiger partial charge in [-0.25, -0.2) is 4.79 Å². The fourth-order valence-corrected chi connectivity index (χ4v) is 1.61. The number of nitrogens with zero attached hydrogens (tertiary/aromatic N) is 1. The Morgan fingerprint density at radius 1 is 1.12 bits per heavy atom. The molecule has 0 atom stereocenters. The van der Waals surface area contributed by atoms with Crippen LogP contribution in [0.2, 0.25) is 0 Å². The highest BCUT2D eigenvalue weighted by atomic mass is 19.4. The number of carboxylic acid groups (broad SMARTS) is 1. The number of hydrogen-bond donors (Lipinski definition) is 1. The van der Waals surface area contributed by atoms with E-state index >= 15 is 0 Å². The van der Waals surface area contributed by atoms with Crippen molar-refractivity contribution >= 4 is 6.16 Å². The van der Waals surface area contributed by atoms with Crippen molar-refractivity contribution in [3.63, 3.8) is 0 Å². The lowest BCUT2D eigenvalue weighted by Gasteiger charge is -2.11. The number of para-hydroxylation sites is 1. The monoisotopic (exact) mass is 357 g/mol. The van der Waals surface area contributed by atoms with Crippen molar-refractivity contribution in [2.75, 3.05) is 0 Å². The van der Waals surface area contributed by atoms with Crippen LogP contribution in [-0.2, 0) is 6.18 Å². The number of rotatable bonds is 3. The third kappa shape index (κ3) is 4.08. The maximum Gasteiger partial charge on any atom is 0.573 e. The van der Waals surface area contributed by atoms with Crippen LogP contribution in [0.15, 0.2) is 28.7 Å². The number of alkyl halides is 6. The first-order valence-electron chi connectivity index (χ1n) is 5.81. The van der Waals surface area contributed by atoms with Gasteiger partial charge in [-0.1, -0.05) is 12.1 Å². The quantitative estimate of drug-likeness (QED) is 0.651. The fourth-order valence-electron chi connectivity index (χ4n) is 1.61. The number of oxazole rings is 1. The summed E-state index contributed by atoms with van der Waals surface area (Å²) in [6, 6.07) is 4.08. The average Bonchev–Trinajstić information content (AvgIpc) is 2.80. The van der Waals surface area contributed by atoms with E-state index in [2.05, 4.69) is 18.9 Å². The van der Waals surface area contributed by atoms with E-state index in [1.807, 2.05) is 0 Å². The summed E-state index contributed by atoms with van der Waals surface area (Å²) in [5.41, 5.74) is -0.583. The molecule has 1 aromatic carbocycles. The topological polar surface area (TPSA) is 81.8 Å². The van der Waals surface area contributed by atoms with E-state index in [9.17, 15) is 31.1 Å². The summed E-state index contributed by atoms with van der Waals surface area (Å²) in [5, 5.41) is 8.40. The first kappa shape index (κ1) is 17.4. The van der Waals surface area contributed by atoms with Crippen LogP contribution in [0.5, 0.6) is 11.6 Å². The number of ether oxygens (including phenoxy) is 2. The maximum atomic E-state index is 12.8. The summed E-state index contributed by atoms with van der Waals surface area (Å²) in [6.45, 7) is 0. The minimum Gasteiger partial charge on any atom is -0.449 e. The van der Waals surface area contributed by atoms with Gasteiger partial charge in [0.25, 0.3) is 11.6 Å². The molecular weight excluding hydrogens is 352 g/mol. The lowest BCUT2D eigenvalue weighted by Crippen LogP contribution is -2.17. The van der Waals surface area contributed by atoms with Crippen LogP contribution in [-0.4, -0.2) is 22.6 Å². The van der Waals surface area contributed by atoms with Crippen molar-refractivity contribution < 1.29 is 50.1 Å². The Kier molecular flexibility index (Phi) is 4.32. The summed E-state index contributed by atoms with van der Waals surface area (Å²) >= 11 is 0. The predicted octanol–water partition coefficient (Wildman–Crippen LogP) is 4.32. The second-order valence-corrected chi connectivity index (χ2v) is 4.06. The number of carbonyl (C=O) groups is 1. The van der Waals surface area contributed by atoms with E-state index in [4.69, 9.17) is 5.11 Å². The van der Waals surface area contributed by atoms with Gasteiger partial charge in [0, 0.05) is 0 Å². The lowest BCUT2D eigenvalue weighted by atomic mass is 10.2. The standard InChI is InChI=1S/C12H5F6NO5/c13-11(14,15)7-9(23-10(20)21)19-8(22-7)5-3-1-2-4-6(5)24-12(16,17)18/h1-4H,(H,20,21). The molecule has 0 saturated carbocycles. The molecular formula is C12H5F6NO5. The van der Waals surface area contributed by atoms with E-state index in [1.54, 1.807) is 0 Å². The van der Waals surface area contributed by atoms with Crippen LogP contribution in [0.1, 0.15) is 5.76 Å². The fraction of sp³-hybridized carbons (Fsp3) is 0.167. The first-order chi connectivity index (χ1) is 11.0. The minimum atomic E-state index is -5.18. The Bertz CT molecular complexity index is 751. The summed E-state index contributed by atoms with van der Waals surface area (Å²) in [6.07, 6.45) is -12.4. The minimum absolute atomic E-state index is 0.583. The molecule has 0 bridgehead atoms. The zero-order valence-electron chi connectivity index (χ0n) is 11.1. The van der Waals surface area contributed by atoms with Gasteiger partial charge in [-0.15, -0.1) is 13.2 Å². The number of aromatic nitrogens is 1. The summed E-state index contributed by atoms with van der Waals surface area (Å²) in [4.78, 5) is 13.5. The molecule has 0 amide bonds. The van der Waals surface area contributed by atoms with E-state index < -0.39 is 47.5 Å². The molecule has 2 rings (SSSR count). The van der Waals surface area contributed by atoms with Crippen LogP contribution in [0.4, 0.5) is 31.1 Å². The van der Waals surface area contributed by atoms with Crippen LogP contribution in [0, 0.1) is 0 Å². The molecule has 1 heterocycles. The average molecular weight is 357 g/mol. The smallest absolute Gasteiger partial charge is 0.449 e. The Balaban J connectivity index is 2.54. The van der Waals surface area contributed by atoms with Crippen LogP contribution in [0.3, 0.4) is 0 Å². The predicted molar refractivity (Wildman–Crippen MR) is 62.3 cm³/mol. The van der Waals surface area contributed by atoms with Crippen LogP contribution >= 0.6 is 0 Å². The van der Waals surface area contributed by atoms with Crippen molar-refractivity contribution in [3.8, 4) is 23.1 Å². The van der Waals surface area contributed by atoms with E-state index in [1.165, 1.54) is 6.07 Å². The van der Waals surface area contributed by atoms with E-state index in [-0.39, 0.29) is 0 Å². The van der Waals surface area contributed by atoms with Gasteiger partial charge in [0.1, 0.15) is 5.75 Å². The molecule has 0 aliphatic heterocycles. The van der Waals surface area contributed by atoms with Gasteiger partial charge in [-0.3, -0.25) is 0 Å². The Hall–Kier alpha value is -2.92. The lowest BCUT2D eigenvalue weighted by molar-refractivity contribution is -0.274. The molecule has 0 aliphatic carbocycles. The molecule has 0 unspecified atom stereocenters. The number of halogens is 6. The number of hydrogen-bond acceptors (Lipinski definition) is 5. The highest BCUT2D eigenvalue weighted by molar-refractivity contribution is 5.65. The van der Waals surface area contributed by atoms with Crippen molar-refractivity contribution in [1.82, 2.24) is 4.98 Å². The van der Waals surface area contributed by atoms with Gasteiger partial charge in [0.2, 0.25) is 5.89 Å². The molecule has 0 aliphatic rings. The molecule has 24 heavy (non-hydrogen) atoms. The summed E-state index contributed by atoms with van der Waals surface area (Å²) in [7, 11) is 0. The largest absolute Gasteiger partial charge is 0.573 e. The third-order valence-corrected chi connectivity index (χ3v) is 2.38. The van der Waals surface area contributed by atoms with Crippen LogP contribution < -0.4 is 9.47 Å². The van der Waals surface area contributed by atoms with Gasteiger partial charge in [0.05, 0.1) is 5.56 Å². The van der Waals surface area contributed by atoms with E-state index in [0.29, 0.717) is 0 Å². The molecule has 6 nitrogen and oxygen atoms in total. The number of benzene rings is 1. The first-order valence-corrected chi connectivity index (χ1v) is 5.81. The van der Waals surface area contributed by atoms with Gasteiger partial charge in [0.15, 0.2) is 0 Å². The normalized spacial score (nSPS) is 12.1. The Labute approximate surface area is 128 Å².